The quantitative estimate of drug-likeness (QED) is 0.905. The molecule has 1 N–H and O–H groups in total. The van der Waals surface area contributed by atoms with Crippen molar-refractivity contribution in [3.63, 3.8) is 0 Å². The maximum atomic E-state index is 12.3. The molecule has 0 saturated carbocycles. The lowest BCUT2D eigenvalue weighted by Gasteiger charge is -2.20. The van der Waals surface area contributed by atoms with Crippen molar-refractivity contribution in [3.8, 4) is 0 Å². The highest BCUT2D eigenvalue weighted by atomic mass is 35.5. The van der Waals surface area contributed by atoms with Crippen LogP contribution in [-0.2, 0) is 4.79 Å². The minimum atomic E-state index is -0.159. The lowest BCUT2D eigenvalue weighted by molar-refractivity contribution is -0.127. The summed E-state index contributed by atoms with van der Waals surface area (Å²) in [6.45, 7) is 7.42. The predicted molar refractivity (Wildman–Crippen MR) is 88.3 cm³/mol. The summed E-state index contributed by atoms with van der Waals surface area (Å²) in [5.41, 5.74) is 2.63. The van der Waals surface area contributed by atoms with Crippen LogP contribution in [0.3, 0.4) is 0 Å². The molecule has 0 unspecified atom stereocenters. The highest BCUT2D eigenvalue weighted by Gasteiger charge is 2.21. The first-order valence-electron chi connectivity index (χ1n) is 7.74. The molecule has 1 atom stereocenters. The van der Waals surface area contributed by atoms with Gasteiger partial charge in [-0.3, -0.25) is 9.59 Å². The van der Waals surface area contributed by atoms with Crippen LogP contribution in [0, 0.1) is 13.8 Å². The Hall–Kier alpha value is -1.55. The summed E-state index contributed by atoms with van der Waals surface area (Å²) in [6.07, 6.45) is 2.34. The fourth-order valence-electron chi connectivity index (χ4n) is 2.62. The first kappa shape index (κ1) is 16.8. The number of hydrogen-bond acceptors (Lipinski definition) is 2. The van der Waals surface area contributed by atoms with Gasteiger partial charge < -0.3 is 10.2 Å². The Morgan fingerprint density at radius 1 is 1.36 bits per heavy atom. The van der Waals surface area contributed by atoms with E-state index in [1.807, 2.05) is 37.8 Å². The van der Waals surface area contributed by atoms with Crippen molar-refractivity contribution in [1.29, 1.82) is 0 Å². The van der Waals surface area contributed by atoms with Gasteiger partial charge in [0, 0.05) is 25.6 Å². The molecule has 4 nitrogen and oxygen atoms in total. The lowest BCUT2D eigenvalue weighted by Crippen LogP contribution is -2.36. The fourth-order valence-corrected chi connectivity index (χ4v) is 2.92. The molecule has 2 amide bonds. The number of nitrogens with zero attached hydrogens (tertiary/aromatic N) is 1. The lowest BCUT2D eigenvalue weighted by atomic mass is 10.1. The molecule has 1 aliphatic heterocycles. The number of carbonyl (C=O) groups excluding carboxylic acids is 2. The van der Waals surface area contributed by atoms with Gasteiger partial charge >= 0.3 is 0 Å². The number of carbonyl (C=O) groups is 2. The van der Waals surface area contributed by atoms with Crippen LogP contribution in [0.5, 0.6) is 0 Å². The average molecular weight is 323 g/mol. The molecular weight excluding hydrogens is 300 g/mol. The van der Waals surface area contributed by atoms with E-state index < -0.39 is 0 Å². The zero-order valence-corrected chi connectivity index (χ0v) is 14.2. The first-order valence-corrected chi connectivity index (χ1v) is 8.11. The summed E-state index contributed by atoms with van der Waals surface area (Å²) in [7, 11) is 0. The summed E-state index contributed by atoms with van der Waals surface area (Å²) >= 11 is 6.17. The normalized spacial score (nSPS) is 16.0. The zero-order chi connectivity index (χ0) is 16.3. The number of benzene rings is 1. The molecule has 1 aliphatic rings. The van der Waals surface area contributed by atoms with Gasteiger partial charge in [0.1, 0.15) is 0 Å². The zero-order valence-electron chi connectivity index (χ0n) is 13.4. The number of amides is 2. The van der Waals surface area contributed by atoms with Crippen LogP contribution in [0.1, 0.15) is 47.7 Å². The molecule has 1 aromatic carbocycles. The summed E-state index contributed by atoms with van der Waals surface area (Å²) in [5, 5.41) is 3.44. The Kier molecular flexibility index (Phi) is 5.46. The third kappa shape index (κ3) is 4.01. The van der Waals surface area contributed by atoms with Crippen LogP contribution >= 0.6 is 11.6 Å². The van der Waals surface area contributed by atoms with Crippen LogP contribution in [0.25, 0.3) is 0 Å². The van der Waals surface area contributed by atoms with E-state index in [4.69, 9.17) is 11.6 Å². The third-order valence-corrected chi connectivity index (χ3v) is 4.52. The predicted octanol–water partition coefficient (Wildman–Crippen LogP) is 3.09. The van der Waals surface area contributed by atoms with Crippen LogP contribution in [0.15, 0.2) is 12.1 Å². The average Bonchev–Trinajstić information content (AvgIpc) is 2.86. The molecule has 0 bridgehead atoms. The summed E-state index contributed by atoms with van der Waals surface area (Å²) in [6, 6.07) is 3.64. The molecule has 2 rings (SSSR count). The second-order valence-electron chi connectivity index (χ2n) is 6.06. The summed E-state index contributed by atoms with van der Waals surface area (Å²) in [4.78, 5) is 25.8. The molecule has 5 heteroatoms. The molecule has 1 aromatic rings. The Balaban J connectivity index is 1.91. The van der Waals surface area contributed by atoms with Crippen molar-refractivity contribution in [1.82, 2.24) is 10.2 Å². The van der Waals surface area contributed by atoms with E-state index in [2.05, 4.69) is 5.32 Å². The molecular formula is C17H23ClN2O2. The van der Waals surface area contributed by atoms with Crippen molar-refractivity contribution in [2.75, 3.05) is 13.1 Å². The standard InChI is InChI=1S/C17H23ClN2O2/c1-11-9-14(15(18)10-12(11)2)17(22)19-13(3)6-8-20-7-4-5-16(20)21/h9-10,13H,4-8H2,1-3H3,(H,19,22)/t13-/m1/s1. The van der Waals surface area contributed by atoms with Crippen molar-refractivity contribution in [3.05, 3.63) is 33.8 Å². The Labute approximate surface area is 136 Å². The molecule has 1 fully saturated rings. The molecule has 1 saturated heterocycles. The van der Waals surface area contributed by atoms with E-state index >= 15 is 0 Å². The van der Waals surface area contributed by atoms with Crippen molar-refractivity contribution in [2.45, 2.75) is 46.1 Å². The third-order valence-electron chi connectivity index (χ3n) is 4.21. The van der Waals surface area contributed by atoms with Gasteiger partial charge in [0.15, 0.2) is 0 Å². The first-order chi connectivity index (χ1) is 10.4. The Bertz CT molecular complexity index is 586. The topological polar surface area (TPSA) is 49.4 Å². The number of hydrogen-bond donors (Lipinski definition) is 1. The van der Waals surface area contributed by atoms with Gasteiger partial charge in [0.2, 0.25) is 5.91 Å². The van der Waals surface area contributed by atoms with E-state index in [0.717, 1.165) is 30.5 Å². The minimum Gasteiger partial charge on any atom is -0.349 e. The largest absolute Gasteiger partial charge is 0.349 e. The van der Waals surface area contributed by atoms with E-state index in [9.17, 15) is 9.59 Å². The second-order valence-corrected chi connectivity index (χ2v) is 6.47. The van der Waals surface area contributed by atoms with E-state index in [1.54, 1.807) is 0 Å². The molecule has 0 aromatic heterocycles. The van der Waals surface area contributed by atoms with Crippen molar-refractivity contribution in [2.24, 2.45) is 0 Å². The van der Waals surface area contributed by atoms with Gasteiger partial charge in [-0.1, -0.05) is 11.6 Å². The van der Waals surface area contributed by atoms with Crippen molar-refractivity contribution >= 4 is 23.4 Å². The van der Waals surface area contributed by atoms with Crippen LogP contribution < -0.4 is 5.32 Å². The summed E-state index contributed by atoms with van der Waals surface area (Å²) < 4.78 is 0. The molecule has 0 radical (unpaired) electrons. The Morgan fingerprint density at radius 2 is 2.05 bits per heavy atom. The maximum Gasteiger partial charge on any atom is 0.253 e. The highest BCUT2D eigenvalue weighted by molar-refractivity contribution is 6.34. The van der Waals surface area contributed by atoms with Gasteiger partial charge in [-0.05, 0) is 56.9 Å². The van der Waals surface area contributed by atoms with Gasteiger partial charge in [0.25, 0.3) is 5.91 Å². The van der Waals surface area contributed by atoms with Gasteiger partial charge in [-0.25, -0.2) is 0 Å². The molecule has 22 heavy (non-hydrogen) atoms. The molecule has 0 spiro atoms. The molecule has 120 valence electrons. The van der Waals surface area contributed by atoms with Crippen LogP contribution in [0.2, 0.25) is 5.02 Å². The van der Waals surface area contributed by atoms with E-state index in [-0.39, 0.29) is 17.9 Å². The second kappa shape index (κ2) is 7.14. The number of likely N-dealkylation sites (tertiary alicyclic amines) is 1. The number of aryl methyl sites for hydroxylation is 2. The Morgan fingerprint density at radius 3 is 2.68 bits per heavy atom. The van der Waals surface area contributed by atoms with Crippen LogP contribution in [0.4, 0.5) is 0 Å². The van der Waals surface area contributed by atoms with Crippen molar-refractivity contribution < 1.29 is 9.59 Å². The number of halogens is 1. The summed E-state index contributed by atoms with van der Waals surface area (Å²) in [5.74, 6) is 0.0593. The minimum absolute atomic E-state index is 0.00132. The monoisotopic (exact) mass is 322 g/mol. The maximum absolute atomic E-state index is 12.3. The molecule has 1 heterocycles. The van der Waals surface area contributed by atoms with E-state index in [1.165, 1.54) is 0 Å². The van der Waals surface area contributed by atoms with Gasteiger partial charge in [-0.15, -0.1) is 0 Å². The highest BCUT2D eigenvalue weighted by Crippen LogP contribution is 2.21. The van der Waals surface area contributed by atoms with Gasteiger partial charge in [0.05, 0.1) is 10.6 Å². The SMILES string of the molecule is Cc1cc(Cl)c(C(=O)N[C@H](C)CCN2CCCC2=O)cc1C. The van der Waals surface area contributed by atoms with Crippen LogP contribution in [-0.4, -0.2) is 35.8 Å². The van der Waals surface area contributed by atoms with Gasteiger partial charge in [-0.2, -0.15) is 0 Å². The van der Waals surface area contributed by atoms with E-state index in [0.29, 0.717) is 23.6 Å². The smallest absolute Gasteiger partial charge is 0.253 e. The number of rotatable bonds is 5. The molecule has 0 aliphatic carbocycles. The fraction of sp³-hybridized carbons (Fsp3) is 0.529. The number of nitrogens with one attached hydrogen (secondary N) is 1.